The van der Waals surface area contributed by atoms with Crippen LogP contribution in [-0.4, -0.2) is 11.9 Å². The molecular formula is C16H17FN2O. The van der Waals surface area contributed by atoms with Crippen LogP contribution in [0.1, 0.15) is 22.8 Å². The van der Waals surface area contributed by atoms with Gasteiger partial charge >= 0.3 is 0 Å². The fourth-order valence-electron chi connectivity index (χ4n) is 2.04. The van der Waals surface area contributed by atoms with E-state index in [9.17, 15) is 9.18 Å². The molecule has 2 aromatic rings. The number of nitrogens with two attached hydrogens (primary N) is 1. The summed E-state index contributed by atoms with van der Waals surface area (Å²) in [4.78, 5) is 12.0. The molecule has 1 unspecified atom stereocenters. The van der Waals surface area contributed by atoms with Crippen LogP contribution in [0.4, 0.5) is 10.1 Å². The Morgan fingerprint density at radius 2 is 1.95 bits per heavy atom. The van der Waals surface area contributed by atoms with Crippen molar-refractivity contribution in [3.63, 3.8) is 0 Å². The van der Waals surface area contributed by atoms with Gasteiger partial charge < -0.3 is 11.1 Å². The van der Waals surface area contributed by atoms with Crippen molar-refractivity contribution in [3.05, 3.63) is 65.5 Å². The number of amides is 1. The molecule has 3 nitrogen and oxygen atoms in total. The Hall–Kier alpha value is -2.36. The van der Waals surface area contributed by atoms with Crippen molar-refractivity contribution in [2.45, 2.75) is 19.4 Å². The molecule has 4 heteroatoms. The highest BCUT2D eigenvalue weighted by Crippen LogP contribution is 2.12. The summed E-state index contributed by atoms with van der Waals surface area (Å²) in [6.07, 6.45) is 0.698. The Morgan fingerprint density at radius 3 is 2.60 bits per heavy atom. The fraction of sp³-hybridized carbons (Fsp3) is 0.188. The number of carbonyl (C=O) groups excluding carboxylic acids is 1. The lowest BCUT2D eigenvalue weighted by Gasteiger charge is -2.14. The minimum Gasteiger partial charge on any atom is -0.399 e. The first-order chi connectivity index (χ1) is 9.56. The highest BCUT2D eigenvalue weighted by atomic mass is 19.1. The van der Waals surface area contributed by atoms with Crippen molar-refractivity contribution < 1.29 is 9.18 Å². The van der Waals surface area contributed by atoms with Crippen LogP contribution in [0.2, 0.25) is 0 Å². The van der Waals surface area contributed by atoms with E-state index >= 15 is 0 Å². The van der Waals surface area contributed by atoms with Gasteiger partial charge in [0.2, 0.25) is 0 Å². The van der Waals surface area contributed by atoms with E-state index in [1.165, 1.54) is 12.1 Å². The highest BCUT2D eigenvalue weighted by Gasteiger charge is 2.14. The van der Waals surface area contributed by atoms with E-state index in [2.05, 4.69) is 5.32 Å². The van der Waals surface area contributed by atoms with Crippen molar-refractivity contribution in [2.24, 2.45) is 0 Å². The molecule has 0 heterocycles. The Morgan fingerprint density at radius 1 is 1.25 bits per heavy atom. The number of anilines is 1. The molecule has 20 heavy (non-hydrogen) atoms. The average Bonchev–Trinajstić information content (AvgIpc) is 2.39. The van der Waals surface area contributed by atoms with Crippen molar-refractivity contribution >= 4 is 11.6 Å². The molecule has 0 saturated carbocycles. The van der Waals surface area contributed by atoms with Gasteiger partial charge in [-0.3, -0.25) is 4.79 Å². The summed E-state index contributed by atoms with van der Waals surface area (Å²) in [6, 6.07) is 13.8. The Kier molecular flexibility index (Phi) is 4.35. The first kappa shape index (κ1) is 14.1. The van der Waals surface area contributed by atoms with Gasteiger partial charge in [-0.2, -0.15) is 0 Å². The first-order valence-electron chi connectivity index (χ1n) is 6.46. The molecule has 1 atom stereocenters. The summed E-state index contributed by atoms with van der Waals surface area (Å²) in [5.74, 6) is -1.03. The summed E-state index contributed by atoms with van der Waals surface area (Å²) in [6.45, 7) is 1.89. The average molecular weight is 272 g/mol. The van der Waals surface area contributed by atoms with E-state index in [1.807, 2.05) is 37.3 Å². The number of benzene rings is 2. The second-order valence-corrected chi connectivity index (χ2v) is 4.80. The number of hydrogen-bond donors (Lipinski definition) is 2. The van der Waals surface area contributed by atoms with Crippen LogP contribution in [0, 0.1) is 5.82 Å². The number of carbonyl (C=O) groups is 1. The van der Waals surface area contributed by atoms with Crippen molar-refractivity contribution in [2.75, 3.05) is 5.73 Å². The normalized spacial score (nSPS) is 11.9. The van der Waals surface area contributed by atoms with E-state index in [0.717, 1.165) is 11.6 Å². The summed E-state index contributed by atoms with van der Waals surface area (Å²) in [7, 11) is 0. The molecule has 2 rings (SSSR count). The smallest absolute Gasteiger partial charge is 0.254 e. The number of nitrogen functional groups attached to an aromatic ring is 1. The summed E-state index contributed by atoms with van der Waals surface area (Å²) in [5.41, 5.74) is 6.90. The molecule has 0 aliphatic heterocycles. The predicted molar refractivity (Wildman–Crippen MR) is 77.9 cm³/mol. The number of hydrogen-bond acceptors (Lipinski definition) is 2. The van der Waals surface area contributed by atoms with Gasteiger partial charge in [0.25, 0.3) is 5.91 Å². The van der Waals surface area contributed by atoms with E-state index < -0.39 is 11.7 Å². The van der Waals surface area contributed by atoms with E-state index in [-0.39, 0.29) is 11.6 Å². The first-order valence-corrected chi connectivity index (χ1v) is 6.46. The molecule has 0 aliphatic carbocycles. The second-order valence-electron chi connectivity index (χ2n) is 4.80. The lowest BCUT2D eigenvalue weighted by Crippen LogP contribution is -2.34. The number of nitrogens with one attached hydrogen (secondary N) is 1. The maximum absolute atomic E-state index is 13.6. The van der Waals surface area contributed by atoms with Crippen LogP contribution in [0.15, 0.2) is 48.5 Å². The molecule has 3 N–H and O–H groups in total. The maximum atomic E-state index is 13.6. The zero-order chi connectivity index (χ0) is 14.5. The van der Waals surface area contributed by atoms with Crippen molar-refractivity contribution in [3.8, 4) is 0 Å². The fourth-order valence-corrected chi connectivity index (χ4v) is 2.04. The highest BCUT2D eigenvalue weighted by molar-refractivity contribution is 5.95. The van der Waals surface area contributed by atoms with Gasteiger partial charge in [0.1, 0.15) is 5.82 Å². The third kappa shape index (κ3) is 3.57. The third-order valence-electron chi connectivity index (χ3n) is 3.00. The Bertz CT molecular complexity index is 599. The van der Waals surface area contributed by atoms with Gasteiger partial charge in [-0.05, 0) is 37.1 Å². The molecule has 1 amide bonds. The topological polar surface area (TPSA) is 55.1 Å². The summed E-state index contributed by atoms with van der Waals surface area (Å²) < 4.78 is 13.6. The van der Waals surface area contributed by atoms with E-state index in [1.54, 1.807) is 0 Å². The number of halogens is 1. The van der Waals surface area contributed by atoms with Crippen LogP contribution in [-0.2, 0) is 6.42 Å². The predicted octanol–water partition coefficient (Wildman–Crippen LogP) is 2.77. The van der Waals surface area contributed by atoms with Crippen LogP contribution in [0.5, 0.6) is 0 Å². The molecule has 0 aromatic heterocycles. The van der Waals surface area contributed by atoms with Crippen LogP contribution < -0.4 is 11.1 Å². The molecule has 0 spiro atoms. The molecule has 0 saturated heterocycles. The Balaban J connectivity index is 2.00. The standard InChI is InChI=1S/C16H17FN2O/c1-11(9-12-5-3-2-4-6-12)19-16(20)14-8-7-13(18)10-15(14)17/h2-8,10-11H,9,18H2,1H3,(H,19,20). The van der Waals surface area contributed by atoms with Crippen molar-refractivity contribution in [1.82, 2.24) is 5.32 Å². The Labute approximate surface area is 117 Å². The van der Waals surface area contributed by atoms with Crippen LogP contribution in [0.25, 0.3) is 0 Å². The number of rotatable bonds is 4. The lowest BCUT2D eigenvalue weighted by molar-refractivity contribution is 0.0936. The molecule has 2 aromatic carbocycles. The lowest BCUT2D eigenvalue weighted by atomic mass is 10.1. The van der Waals surface area contributed by atoms with Gasteiger partial charge in [-0.15, -0.1) is 0 Å². The van der Waals surface area contributed by atoms with Gasteiger partial charge in [-0.1, -0.05) is 30.3 Å². The SMILES string of the molecule is CC(Cc1ccccc1)NC(=O)c1ccc(N)cc1F. The summed E-state index contributed by atoms with van der Waals surface area (Å²) in [5, 5.41) is 2.79. The molecule has 0 bridgehead atoms. The van der Waals surface area contributed by atoms with Gasteiger partial charge in [0.05, 0.1) is 5.56 Å². The minimum atomic E-state index is -0.602. The van der Waals surface area contributed by atoms with Crippen molar-refractivity contribution in [1.29, 1.82) is 0 Å². The molecule has 0 fully saturated rings. The second kappa shape index (κ2) is 6.19. The van der Waals surface area contributed by atoms with Crippen LogP contribution in [0.3, 0.4) is 0 Å². The zero-order valence-corrected chi connectivity index (χ0v) is 11.3. The maximum Gasteiger partial charge on any atom is 0.254 e. The molecule has 0 aliphatic rings. The molecular weight excluding hydrogens is 255 g/mol. The largest absolute Gasteiger partial charge is 0.399 e. The monoisotopic (exact) mass is 272 g/mol. The molecule has 0 radical (unpaired) electrons. The van der Waals surface area contributed by atoms with E-state index in [0.29, 0.717) is 12.1 Å². The molecule has 104 valence electrons. The zero-order valence-electron chi connectivity index (χ0n) is 11.3. The van der Waals surface area contributed by atoms with Gasteiger partial charge in [0.15, 0.2) is 0 Å². The minimum absolute atomic E-state index is 0.0131. The van der Waals surface area contributed by atoms with Gasteiger partial charge in [-0.25, -0.2) is 4.39 Å². The van der Waals surface area contributed by atoms with E-state index in [4.69, 9.17) is 5.73 Å². The quantitative estimate of drug-likeness (QED) is 0.841. The summed E-state index contributed by atoms with van der Waals surface area (Å²) >= 11 is 0. The van der Waals surface area contributed by atoms with Crippen LogP contribution >= 0.6 is 0 Å². The van der Waals surface area contributed by atoms with Gasteiger partial charge in [0, 0.05) is 11.7 Å². The third-order valence-corrected chi connectivity index (χ3v) is 3.00.